The summed E-state index contributed by atoms with van der Waals surface area (Å²) in [6.07, 6.45) is 2.27. The van der Waals surface area contributed by atoms with E-state index in [2.05, 4.69) is 4.90 Å². The fourth-order valence-electron chi connectivity index (χ4n) is 2.38. The molecule has 3 radical (unpaired) electrons. The molecule has 3 saturated heterocycles. The van der Waals surface area contributed by atoms with E-state index in [0.717, 1.165) is 32.5 Å². The highest BCUT2D eigenvalue weighted by Crippen LogP contribution is 2.34. The molecule has 4 heteroatoms. The molecule has 3 heterocycles. The summed E-state index contributed by atoms with van der Waals surface area (Å²) < 4.78 is 0. The second-order valence-electron chi connectivity index (χ2n) is 3.86. The lowest BCUT2D eigenvalue weighted by Gasteiger charge is -2.49. The summed E-state index contributed by atoms with van der Waals surface area (Å²) in [7, 11) is 0. The Morgan fingerprint density at radius 2 is 2.00 bits per heavy atom. The molecule has 0 aliphatic carbocycles. The summed E-state index contributed by atoms with van der Waals surface area (Å²) in [4.78, 5) is 2.31. The van der Waals surface area contributed by atoms with Gasteiger partial charge in [-0.1, -0.05) is 0 Å². The fraction of sp³-hybridized carbons (Fsp3) is 1.00. The van der Waals surface area contributed by atoms with Crippen molar-refractivity contribution < 1.29 is 5.11 Å². The first-order valence-electron chi connectivity index (χ1n) is 4.39. The van der Waals surface area contributed by atoms with Crippen LogP contribution >= 0.6 is 0 Å². The van der Waals surface area contributed by atoms with Crippen LogP contribution in [0.2, 0.25) is 0 Å². The Bertz CT molecular complexity index is 159. The van der Waals surface area contributed by atoms with Crippen LogP contribution in [0, 0.1) is 5.92 Å². The van der Waals surface area contributed by atoms with Gasteiger partial charge in [-0.3, -0.25) is 0 Å². The first kappa shape index (κ1) is 10.0. The summed E-state index contributed by atoms with van der Waals surface area (Å²) in [5.41, 5.74) is 4.99. The molecule has 0 spiro atoms. The number of nitrogens with two attached hydrogens (primary N) is 1. The molecular formula is C8H16BN2O. The van der Waals surface area contributed by atoms with Gasteiger partial charge in [-0.2, -0.15) is 0 Å². The van der Waals surface area contributed by atoms with Gasteiger partial charge in [0.2, 0.25) is 0 Å². The minimum Gasteiger partial charge on any atom is -0.387 e. The van der Waals surface area contributed by atoms with Crippen LogP contribution in [0.5, 0.6) is 0 Å². The maximum Gasteiger partial charge on any atom is 0.0924 e. The van der Waals surface area contributed by atoms with Crippen LogP contribution in [0.3, 0.4) is 0 Å². The highest BCUT2D eigenvalue weighted by Gasteiger charge is 2.44. The normalized spacial score (nSPS) is 45.5. The van der Waals surface area contributed by atoms with Crippen LogP contribution in [0.4, 0.5) is 0 Å². The van der Waals surface area contributed by atoms with Gasteiger partial charge < -0.3 is 15.7 Å². The molecule has 0 aromatic heterocycles. The quantitative estimate of drug-likeness (QED) is 0.493. The van der Waals surface area contributed by atoms with Gasteiger partial charge in [0, 0.05) is 21.5 Å². The molecule has 67 valence electrons. The predicted molar refractivity (Wildman–Crippen MR) is 48.9 cm³/mol. The molecule has 3 N–H and O–H groups in total. The van der Waals surface area contributed by atoms with E-state index >= 15 is 0 Å². The average molecular weight is 167 g/mol. The van der Waals surface area contributed by atoms with Gasteiger partial charge in [-0.05, 0) is 31.8 Å². The second kappa shape index (κ2) is 3.36. The Balaban J connectivity index is 0.000000720. The Morgan fingerprint density at radius 1 is 1.42 bits per heavy atom. The van der Waals surface area contributed by atoms with Crippen molar-refractivity contribution in [1.29, 1.82) is 0 Å². The van der Waals surface area contributed by atoms with E-state index in [1.807, 2.05) is 0 Å². The van der Waals surface area contributed by atoms with E-state index in [4.69, 9.17) is 5.73 Å². The van der Waals surface area contributed by atoms with Gasteiger partial charge in [0.05, 0.1) is 5.60 Å². The van der Waals surface area contributed by atoms with Crippen molar-refractivity contribution >= 4 is 8.41 Å². The minimum atomic E-state index is -0.559. The van der Waals surface area contributed by atoms with Gasteiger partial charge >= 0.3 is 0 Å². The van der Waals surface area contributed by atoms with Crippen LogP contribution in [0.25, 0.3) is 0 Å². The van der Waals surface area contributed by atoms with Gasteiger partial charge in [0.1, 0.15) is 0 Å². The Labute approximate surface area is 75.5 Å². The SMILES string of the molecule is NCC1(O)CN2CCC1CC2.[B]. The highest BCUT2D eigenvalue weighted by atomic mass is 16.3. The van der Waals surface area contributed by atoms with Crippen molar-refractivity contribution in [3.05, 3.63) is 0 Å². The minimum absolute atomic E-state index is 0. The zero-order valence-corrected chi connectivity index (χ0v) is 7.37. The number of hydrogen-bond acceptors (Lipinski definition) is 3. The van der Waals surface area contributed by atoms with Crippen LogP contribution in [-0.2, 0) is 0 Å². The highest BCUT2D eigenvalue weighted by molar-refractivity contribution is 5.75. The van der Waals surface area contributed by atoms with Crippen molar-refractivity contribution in [2.45, 2.75) is 18.4 Å². The molecule has 0 amide bonds. The van der Waals surface area contributed by atoms with Crippen LogP contribution < -0.4 is 5.73 Å². The third kappa shape index (κ3) is 1.39. The number of aliphatic hydroxyl groups is 1. The smallest absolute Gasteiger partial charge is 0.0924 e. The third-order valence-electron chi connectivity index (χ3n) is 3.20. The molecule has 1 unspecified atom stereocenters. The zero-order chi connectivity index (χ0) is 7.90. The van der Waals surface area contributed by atoms with Crippen LogP contribution in [-0.4, -0.2) is 50.2 Å². The molecule has 12 heavy (non-hydrogen) atoms. The van der Waals surface area contributed by atoms with E-state index in [0.29, 0.717) is 12.5 Å². The number of piperidine rings is 3. The Kier molecular flexibility index (Phi) is 2.81. The standard InChI is InChI=1S/C8H16N2O.B/c9-5-8(11)6-10-3-1-7(8)2-4-10;/h7,11H,1-6,9H2;. The molecule has 0 saturated carbocycles. The summed E-state index contributed by atoms with van der Waals surface area (Å²) in [6.45, 7) is 3.54. The number of nitrogens with zero attached hydrogens (tertiary/aromatic N) is 1. The Morgan fingerprint density at radius 3 is 2.25 bits per heavy atom. The van der Waals surface area contributed by atoms with Crippen molar-refractivity contribution in [2.75, 3.05) is 26.2 Å². The summed E-state index contributed by atoms with van der Waals surface area (Å²) >= 11 is 0. The first-order chi connectivity index (χ1) is 5.24. The first-order valence-corrected chi connectivity index (χ1v) is 4.39. The van der Waals surface area contributed by atoms with E-state index in [1.54, 1.807) is 0 Å². The molecular weight excluding hydrogens is 151 g/mol. The predicted octanol–water partition coefficient (Wildman–Crippen LogP) is -0.979. The molecule has 3 aliphatic rings. The Hall–Kier alpha value is -0.0551. The van der Waals surface area contributed by atoms with E-state index < -0.39 is 5.60 Å². The lowest BCUT2D eigenvalue weighted by Crippen LogP contribution is -2.62. The average Bonchev–Trinajstić information content (AvgIpc) is 2.06. The summed E-state index contributed by atoms with van der Waals surface area (Å²) in [5.74, 6) is 0.470. The van der Waals surface area contributed by atoms with Gasteiger partial charge in [-0.15, -0.1) is 0 Å². The number of hydrogen-bond donors (Lipinski definition) is 2. The van der Waals surface area contributed by atoms with Crippen LogP contribution in [0.1, 0.15) is 12.8 Å². The summed E-state index contributed by atoms with van der Waals surface area (Å²) in [5, 5.41) is 10.0. The largest absolute Gasteiger partial charge is 0.387 e. The van der Waals surface area contributed by atoms with E-state index in [1.165, 1.54) is 0 Å². The lowest BCUT2D eigenvalue weighted by molar-refractivity contribution is -0.104. The molecule has 3 rings (SSSR count). The van der Waals surface area contributed by atoms with Crippen molar-refractivity contribution in [3.8, 4) is 0 Å². The second-order valence-corrected chi connectivity index (χ2v) is 3.86. The van der Waals surface area contributed by atoms with Gasteiger partial charge in [-0.25, -0.2) is 0 Å². The number of rotatable bonds is 1. The van der Waals surface area contributed by atoms with E-state index in [9.17, 15) is 5.11 Å². The van der Waals surface area contributed by atoms with E-state index in [-0.39, 0.29) is 8.41 Å². The maximum absolute atomic E-state index is 10.0. The molecule has 1 atom stereocenters. The fourth-order valence-corrected chi connectivity index (χ4v) is 2.38. The third-order valence-corrected chi connectivity index (χ3v) is 3.20. The topological polar surface area (TPSA) is 49.5 Å². The van der Waals surface area contributed by atoms with Gasteiger partial charge in [0.25, 0.3) is 0 Å². The molecule has 3 aliphatic heterocycles. The summed E-state index contributed by atoms with van der Waals surface area (Å²) in [6, 6.07) is 0. The molecule has 0 aromatic carbocycles. The van der Waals surface area contributed by atoms with Crippen molar-refractivity contribution in [1.82, 2.24) is 4.90 Å². The lowest BCUT2D eigenvalue weighted by atomic mass is 9.75. The van der Waals surface area contributed by atoms with Crippen molar-refractivity contribution in [3.63, 3.8) is 0 Å². The monoisotopic (exact) mass is 167 g/mol. The van der Waals surface area contributed by atoms with Crippen molar-refractivity contribution in [2.24, 2.45) is 11.7 Å². The van der Waals surface area contributed by atoms with Gasteiger partial charge in [0.15, 0.2) is 0 Å². The molecule has 0 aromatic rings. The van der Waals surface area contributed by atoms with Crippen LogP contribution in [0.15, 0.2) is 0 Å². The number of fused-ring (bicyclic) bond motifs is 3. The molecule has 2 bridgehead atoms. The molecule has 3 fully saturated rings. The maximum atomic E-state index is 10.0. The zero-order valence-electron chi connectivity index (χ0n) is 7.37. The molecule has 3 nitrogen and oxygen atoms in total.